The minimum absolute atomic E-state index is 0.0453. The quantitative estimate of drug-likeness (QED) is 0.487. The van der Waals surface area contributed by atoms with Gasteiger partial charge in [0.15, 0.2) is 0 Å². The molecule has 1 atom stereocenters. The highest BCUT2D eigenvalue weighted by atomic mass is 16.4. The number of carbonyl (C=O) groups excluding carboxylic acids is 3. The number of likely N-dealkylation sites (tertiary alicyclic amines) is 1. The molecule has 2 aromatic rings. The minimum Gasteiger partial charge on any atom is -0.550 e. The van der Waals surface area contributed by atoms with Crippen molar-refractivity contribution in [2.45, 2.75) is 26.3 Å². The maximum Gasteiger partial charge on any atom is 0.295 e. The number of hydrogen-bond donors (Lipinski definition) is 1. The summed E-state index contributed by atoms with van der Waals surface area (Å²) < 4.78 is 0. The van der Waals surface area contributed by atoms with E-state index in [4.69, 9.17) is 0 Å². The van der Waals surface area contributed by atoms with Crippen molar-refractivity contribution in [3.05, 3.63) is 76.4 Å². The molecule has 2 aromatic carbocycles. The zero-order valence-corrected chi connectivity index (χ0v) is 15.6. The van der Waals surface area contributed by atoms with Gasteiger partial charge in [0.1, 0.15) is 5.76 Å². The van der Waals surface area contributed by atoms with E-state index < -0.39 is 30.1 Å². The van der Waals surface area contributed by atoms with Gasteiger partial charge in [-0.3, -0.25) is 9.59 Å². The Morgan fingerprint density at radius 1 is 1.00 bits per heavy atom. The summed E-state index contributed by atoms with van der Waals surface area (Å²) >= 11 is 0. The van der Waals surface area contributed by atoms with Crippen molar-refractivity contribution in [1.82, 2.24) is 4.90 Å². The highest BCUT2D eigenvalue weighted by Crippen LogP contribution is 2.39. The van der Waals surface area contributed by atoms with Gasteiger partial charge in [0.2, 0.25) is 0 Å². The number of aliphatic hydroxyl groups is 1. The lowest BCUT2D eigenvalue weighted by atomic mass is 9.94. The van der Waals surface area contributed by atoms with Crippen LogP contribution in [0, 0.1) is 13.8 Å². The SMILES string of the molecule is Cc1ccc(C(O)=C2C(=O)C(=O)N(CCC(=O)[O-])[C@H]2c2ccc(C)cc2)cc1. The molecule has 0 bridgehead atoms. The average Bonchev–Trinajstić information content (AvgIpc) is 2.91. The normalized spacial score (nSPS) is 18.5. The topological polar surface area (TPSA) is 97.7 Å². The fraction of sp³-hybridized carbons (Fsp3) is 0.227. The predicted octanol–water partition coefficient (Wildman–Crippen LogP) is 1.87. The van der Waals surface area contributed by atoms with Crippen LogP contribution in [0.4, 0.5) is 0 Å². The van der Waals surface area contributed by atoms with Crippen LogP contribution < -0.4 is 5.11 Å². The monoisotopic (exact) mass is 378 g/mol. The van der Waals surface area contributed by atoms with E-state index in [2.05, 4.69) is 0 Å². The maximum absolute atomic E-state index is 12.7. The maximum atomic E-state index is 12.7. The van der Waals surface area contributed by atoms with Gasteiger partial charge in [-0.15, -0.1) is 0 Å². The molecule has 0 aliphatic carbocycles. The predicted molar refractivity (Wildman–Crippen MR) is 101 cm³/mol. The molecule has 1 heterocycles. The first-order valence-corrected chi connectivity index (χ1v) is 8.91. The Bertz CT molecular complexity index is 957. The summed E-state index contributed by atoms with van der Waals surface area (Å²) in [4.78, 5) is 37.4. The van der Waals surface area contributed by atoms with Crippen LogP contribution in [0.2, 0.25) is 0 Å². The highest BCUT2D eigenvalue weighted by molar-refractivity contribution is 6.46. The van der Waals surface area contributed by atoms with Crippen molar-refractivity contribution in [1.29, 1.82) is 0 Å². The smallest absolute Gasteiger partial charge is 0.295 e. The van der Waals surface area contributed by atoms with Gasteiger partial charge in [-0.1, -0.05) is 59.7 Å². The number of ketones is 1. The molecule has 0 unspecified atom stereocenters. The summed E-state index contributed by atoms with van der Waals surface area (Å²) in [5.41, 5.74) is 2.98. The third-order valence-corrected chi connectivity index (χ3v) is 4.81. The van der Waals surface area contributed by atoms with Gasteiger partial charge in [-0.25, -0.2) is 0 Å². The van der Waals surface area contributed by atoms with E-state index in [1.54, 1.807) is 36.4 Å². The van der Waals surface area contributed by atoms with E-state index in [-0.39, 0.29) is 17.9 Å². The molecule has 1 aliphatic rings. The number of aryl methyl sites for hydroxylation is 2. The molecule has 1 fully saturated rings. The Labute approximate surface area is 162 Å². The van der Waals surface area contributed by atoms with Gasteiger partial charge in [0, 0.05) is 24.5 Å². The van der Waals surface area contributed by atoms with Crippen molar-refractivity contribution in [2.24, 2.45) is 0 Å². The summed E-state index contributed by atoms with van der Waals surface area (Å²) in [6.07, 6.45) is -0.403. The Morgan fingerprint density at radius 2 is 1.54 bits per heavy atom. The van der Waals surface area contributed by atoms with Gasteiger partial charge in [0.05, 0.1) is 11.6 Å². The Balaban J connectivity index is 2.14. The van der Waals surface area contributed by atoms with Crippen LogP contribution >= 0.6 is 0 Å². The van der Waals surface area contributed by atoms with E-state index in [1.807, 2.05) is 26.0 Å². The van der Waals surface area contributed by atoms with E-state index >= 15 is 0 Å². The molecule has 0 saturated carbocycles. The lowest BCUT2D eigenvalue weighted by molar-refractivity contribution is -0.305. The zero-order chi connectivity index (χ0) is 20.4. The molecule has 0 spiro atoms. The van der Waals surface area contributed by atoms with E-state index in [0.29, 0.717) is 11.1 Å². The second-order valence-corrected chi connectivity index (χ2v) is 6.89. The second kappa shape index (κ2) is 7.68. The van der Waals surface area contributed by atoms with Gasteiger partial charge in [-0.05, 0) is 19.4 Å². The fourth-order valence-corrected chi connectivity index (χ4v) is 3.28. The van der Waals surface area contributed by atoms with Crippen molar-refractivity contribution in [3.63, 3.8) is 0 Å². The lowest BCUT2D eigenvalue weighted by Gasteiger charge is -2.25. The van der Waals surface area contributed by atoms with Crippen LogP contribution in [-0.4, -0.2) is 34.2 Å². The number of hydrogen-bond acceptors (Lipinski definition) is 5. The molecule has 3 rings (SSSR count). The van der Waals surface area contributed by atoms with Crippen LogP contribution in [0.1, 0.15) is 34.7 Å². The van der Waals surface area contributed by atoms with Crippen LogP contribution in [0.25, 0.3) is 5.76 Å². The Hall–Kier alpha value is -3.41. The molecule has 1 amide bonds. The van der Waals surface area contributed by atoms with Crippen LogP contribution in [-0.2, 0) is 14.4 Å². The number of carbonyl (C=O) groups is 3. The number of carboxylic acids is 1. The number of Topliss-reactive ketones (excluding diaryl/α,β-unsaturated/α-hetero) is 1. The molecule has 1 N–H and O–H groups in total. The number of aliphatic hydroxyl groups excluding tert-OH is 1. The number of amides is 1. The van der Waals surface area contributed by atoms with Crippen molar-refractivity contribution in [3.8, 4) is 0 Å². The molecular weight excluding hydrogens is 358 g/mol. The van der Waals surface area contributed by atoms with Gasteiger partial charge < -0.3 is 19.9 Å². The molecule has 144 valence electrons. The number of carboxylic acid groups (broad SMARTS) is 1. The fourth-order valence-electron chi connectivity index (χ4n) is 3.28. The molecular formula is C22H20NO5-. The standard InChI is InChI=1S/C22H21NO5/c1-13-3-7-15(8-4-13)19-18(20(26)16-9-5-14(2)6-10-16)21(27)22(28)23(19)12-11-17(24)25/h3-10,19,26H,11-12H2,1-2H3,(H,24,25)/p-1/t19-/m0/s1. The molecule has 28 heavy (non-hydrogen) atoms. The van der Waals surface area contributed by atoms with E-state index in [1.165, 1.54) is 4.90 Å². The number of aliphatic carboxylic acids is 1. The highest BCUT2D eigenvalue weighted by Gasteiger charge is 2.45. The summed E-state index contributed by atoms with van der Waals surface area (Å²) in [5.74, 6) is -3.26. The first-order chi connectivity index (χ1) is 13.3. The minimum atomic E-state index is -1.32. The van der Waals surface area contributed by atoms with E-state index in [9.17, 15) is 24.6 Å². The van der Waals surface area contributed by atoms with Crippen molar-refractivity contribution >= 4 is 23.4 Å². The first-order valence-electron chi connectivity index (χ1n) is 8.91. The molecule has 1 aliphatic heterocycles. The molecule has 0 radical (unpaired) electrons. The van der Waals surface area contributed by atoms with Gasteiger partial charge in [-0.2, -0.15) is 0 Å². The van der Waals surface area contributed by atoms with Gasteiger partial charge >= 0.3 is 0 Å². The van der Waals surface area contributed by atoms with E-state index in [0.717, 1.165) is 11.1 Å². The number of benzene rings is 2. The molecule has 6 heteroatoms. The summed E-state index contributed by atoms with van der Waals surface area (Å²) in [6, 6.07) is 13.3. The van der Waals surface area contributed by atoms with Crippen LogP contribution in [0.15, 0.2) is 54.1 Å². The first kappa shape index (κ1) is 19.4. The van der Waals surface area contributed by atoms with Crippen molar-refractivity contribution < 1.29 is 24.6 Å². The second-order valence-electron chi connectivity index (χ2n) is 6.89. The number of nitrogens with zero attached hydrogens (tertiary/aromatic N) is 1. The molecule has 0 aromatic heterocycles. The third-order valence-electron chi connectivity index (χ3n) is 4.81. The van der Waals surface area contributed by atoms with Crippen LogP contribution in [0.3, 0.4) is 0 Å². The average molecular weight is 378 g/mol. The lowest BCUT2D eigenvalue weighted by Crippen LogP contribution is -2.34. The van der Waals surface area contributed by atoms with Crippen molar-refractivity contribution in [2.75, 3.05) is 6.54 Å². The number of rotatable bonds is 5. The summed E-state index contributed by atoms with van der Waals surface area (Å²) in [5, 5.41) is 21.7. The third kappa shape index (κ3) is 3.67. The summed E-state index contributed by atoms with van der Waals surface area (Å²) in [7, 11) is 0. The summed E-state index contributed by atoms with van der Waals surface area (Å²) in [6.45, 7) is 3.62. The van der Waals surface area contributed by atoms with Crippen LogP contribution in [0.5, 0.6) is 0 Å². The molecule has 6 nitrogen and oxygen atoms in total. The largest absolute Gasteiger partial charge is 0.550 e. The zero-order valence-electron chi connectivity index (χ0n) is 15.6. The Kier molecular flexibility index (Phi) is 5.31. The Morgan fingerprint density at radius 3 is 2.07 bits per heavy atom. The molecule has 1 saturated heterocycles. The van der Waals surface area contributed by atoms with Gasteiger partial charge in [0.25, 0.3) is 11.7 Å².